The molecule has 2 rings (SSSR count). The standard InChI is InChI=1S/C15H18N2O6S/c1-2-24-12-4-3-10(17(22)23)9-11(12)13(18)16-7-5-15(21,6-8-16)14(19)20/h3-4,9,21H,2,5-8H2,1H3,(H,19,20). The van der Waals surface area contributed by atoms with Gasteiger partial charge in [0.25, 0.3) is 11.6 Å². The minimum Gasteiger partial charge on any atom is -0.479 e. The van der Waals surface area contributed by atoms with Crippen LogP contribution in [0.2, 0.25) is 0 Å². The van der Waals surface area contributed by atoms with E-state index in [4.69, 9.17) is 5.11 Å². The number of piperidine rings is 1. The number of carboxylic acids is 1. The molecule has 0 saturated carbocycles. The number of carbonyl (C=O) groups excluding carboxylic acids is 1. The average Bonchev–Trinajstić information content (AvgIpc) is 2.55. The van der Waals surface area contributed by atoms with Gasteiger partial charge in [-0.1, -0.05) is 6.92 Å². The number of benzene rings is 1. The van der Waals surface area contributed by atoms with Crippen LogP contribution in [-0.4, -0.2) is 56.4 Å². The molecule has 24 heavy (non-hydrogen) atoms. The molecule has 130 valence electrons. The highest BCUT2D eigenvalue weighted by molar-refractivity contribution is 7.99. The van der Waals surface area contributed by atoms with Crippen molar-refractivity contribution in [1.82, 2.24) is 4.90 Å². The minimum atomic E-state index is -1.82. The molecule has 0 atom stereocenters. The molecule has 1 saturated heterocycles. The van der Waals surface area contributed by atoms with Crippen LogP contribution in [0, 0.1) is 10.1 Å². The van der Waals surface area contributed by atoms with Crippen molar-refractivity contribution in [3.8, 4) is 0 Å². The lowest BCUT2D eigenvalue weighted by molar-refractivity contribution is -0.384. The number of carbonyl (C=O) groups is 2. The summed E-state index contributed by atoms with van der Waals surface area (Å²) in [7, 11) is 0. The first kappa shape index (κ1) is 18.2. The zero-order chi connectivity index (χ0) is 17.9. The molecule has 1 fully saturated rings. The van der Waals surface area contributed by atoms with Gasteiger partial charge in [0, 0.05) is 43.0 Å². The summed E-state index contributed by atoms with van der Waals surface area (Å²) in [4.78, 5) is 36.2. The summed E-state index contributed by atoms with van der Waals surface area (Å²) < 4.78 is 0. The normalized spacial score (nSPS) is 16.7. The highest BCUT2D eigenvalue weighted by atomic mass is 32.2. The van der Waals surface area contributed by atoms with Crippen LogP contribution >= 0.6 is 11.8 Å². The molecular weight excluding hydrogens is 336 g/mol. The number of carboxylic acid groups (broad SMARTS) is 1. The molecule has 0 radical (unpaired) electrons. The van der Waals surface area contributed by atoms with Gasteiger partial charge in [-0.3, -0.25) is 14.9 Å². The molecule has 1 aromatic rings. The van der Waals surface area contributed by atoms with Crippen molar-refractivity contribution >= 4 is 29.3 Å². The average molecular weight is 354 g/mol. The number of nitro benzene ring substituents is 1. The third kappa shape index (κ3) is 3.68. The number of amides is 1. The van der Waals surface area contributed by atoms with Crippen LogP contribution in [0.25, 0.3) is 0 Å². The van der Waals surface area contributed by atoms with Crippen molar-refractivity contribution < 1.29 is 24.7 Å². The SMILES string of the molecule is CCSc1ccc([N+](=O)[O-])cc1C(=O)N1CCC(O)(C(=O)O)CC1. The Morgan fingerprint density at radius 3 is 2.50 bits per heavy atom. The van der Waals surface area contributed by atoms with E-state index in [0.29, 0.717) is 10.6 Å². The Morgan fingerprint density at radius 2 is 2.00 bits per heavy atom. The van der Waals surface area contributed by atoms with Crippen LogP contribution < -0.4 is 0 Å². The second-order valence-corrected chi connectivity index (χ2v) is 6.81. The maximum Gasteiger partial charge on any atom is 0.335 e. The summed E-state index contributed by atoms with van der Waals surface area (Å²) in [5, 5.41) is 29.9. The smallest absolute Gasteiger partial charge is 0.335 e. The summed E-state index contributed by atoms with van der Waals surface area (Å²) in [6.07, 6.45) is -0.140. The van der Waals surface area contributed by atoms with Gasteiger partial charge in [0.15, 0.2) is 5.60 Å². The number of hydrogen-bond donors (Lipinski definition) is 2. The number of nitro groups is 1. The summed E-state index contributed by atoms with van der Waals surface area (Å²) in [6, 6.07) is 4.16. The van der Waals surface area contributed by atoms with Crippen LogP contribution in [-0.2, 0) is 4.79 Å². The summed E-state index contributed by atoms with van der Waals surface area (Å²) in [6.45, 7) is 2.08. The fraction of sp³-hybridized carbons (Fsp3) is 0.467. The van der Waals surface area contributed by atoms with Gasteiger partial charge in [-0.05, 0) is 11.8 Å². The number of likely N-dealkylation sites (tertiary alicyclic amines) is 1. The highest BCUT2D eigenvalue weighted by Gasteiger charge is 2.40. The van der Waals surface area contributed by atoms with Crippen molar-refractivity contribution in [2.24, 2.45) is 0 Å². The van der Waals surface area contributed by atoms with Gasteiger partial charge >= 0.3 is 5.97 Å². The second kappa shape index (κ2) is 7.18. The molecule has 1 heterocycles. The first-order valence-electron chi connectivity index (χ1n) is 7.45. The molecular formula is C15H18N2O6S. The van der Waals surface area contributed by atoms with Crippen LogP contribution in [0.1, 0.15) is 30.1 Å². The summed E-state index contributed by atoms with van der Waals surface area (Å²) >= 11 is 1.41. The van der Waals surface area contributed by atoms with E-state index in [2.05, 4.69) is 0 Å². The molecule has 2 N–H and O–H groups in total. The predicted molar refractivity (Wildman–Crippen MR) is 87.2 cm³/mol. The number of aliphatic hydroxyl groups is 1. The van der Waals surface area contributed by atoms with Crippen molar-refractivity contribution in [2.75, 3.05) is 18.8 Å². The number of nitrogens with zero attached hydrogens (tertiary/aromatic N) is 2. The van der Waals surface area contributed by atoms with Crippen molar-refractivity contribution in [3.05, 3.63) is 33.9 Å². The molecule has 1 aliphatic rings. The Morgan fingerprint density at radius 1 is 1.38 bits per heavy atom. The Balaban J connectivity index is 2.24. The fourth-order valence-electron chi connectivity index (χ4n) is 2.54. The summed E-state index contributed by atoms with van der Waals surface area (Å²) in [5.41, 5.74) is -1.75. The van der Waals surface area contributed by atoms with Gasteiger partial charge in [0.05, 0.1) is 10.5 Å². The lowest BCUT2D eigenvalue weighted by Crippen LogP contribution is -2.50. The molecule has 9 heteroatoms. The lowest BCUT2D eigenvalue weighted by atomic mass is 9.91. The molecule has 1 aromatic carbocycles. The van der Waals surface area contributed by atoms with E-state index in [9.17, 15) is 24.8 Å². The number of thioether (sulfide) groups is 1. The lowest BCUT2D eigenvalue weighted by Gasteiger charge is -2.35. The number of rotatable bonds is 5. The minimum absolute atomic E-state index is 0.0702. The Hall–Kier alpha value is -2.13. The zero-order valence-corrected chi connectivity index (χ0v) is 13.9. The zero-order valence-electron chi connectivity index (χ0n) is 13.1. The van der Waals surface area contributed by atoms with Crippen molar-refractivity contribution in [3.63, 3.8) is 0 Å². The van der Waals surface area contributed by atoms with Crippen LogP contribution in [0.4, 0.5) is 5.69 Å². The first-order valence-corrected chi connectivity index (χ1v) is 8.43. The third-order valence-electron chi connectivity index (χ3n) is 3.98. The van der Waals surface area contributed by atoms with Gasteiger partial charge in [-0.2, -0.15) is 0 Å². The van der Waals surface area contributed by atoms with Gasteiger partial charge in [0.2, 0.25) is 0 Å². The maximum atomic E-state index is 12.7. The Bertz CT molecular complexity index is 670. The monoisotopic (exact) mass is 354 g/mol. The number of non-ortho nitro benzene ring substituents is 1. The molecule has 1 aliphatic heterocycles. The maximum absolute atomic E-state index is 12.7. The van der Waals surface area contributed by atoms with E-state index in [1.807, 2.05) is 6.92 Å². The summed E-state index contributed by atoms with van der Waals surface area (Å²) in [5.74, 6) is -0.981. The fourth-order valence-corrected chi connectivity index (χ4v) is 3.32. The molecule has 8 nitrogen and oxygen atoms in total. The highest BCUT2D eigenvalue weighted by Crippen LogP contribution is 2.30. The van der Waals surface area contributed by atoms with Crippen molar-refractivity contribution in [1.29, 1.82) is 0 Å². The van der Waals surface area contributed by atoms with Crippen LogP contribution in [0.3, 0.4) is 0 Å². The second-order valence-electron chi connectivity index (χ2n) is 5.50. The molecule has 0 spiro atoms. The molecule has 0 aromatic heterocycles. The van der Waals surface area contributed by atoms with E-state index < -0.39 is 16.5 Å². The van der Waals surface area contributed by atoms with Gasteiger partial charge in [-0.15, -0.1) is 11.8 Å². The first-order chi connectivity index (χ1) is 11.3. The van der Waals surface area contributed by atoms with E-state index in [1.165, 1.54) is 28.8 Å². The van der Waals surface area contributed by atoms with Crippen LogP contribution in [0.5, 0.6) is 0 Å². The Kier molecular flexibility index (Phi) is 5.45. The third-order valence-corrected chi connectivity index (χ3v) is 4.94. The molecule has 0 bridgehead atoms. The van der Waals surface area contributed by atoms with E-state index >= 15 is 0 Å². The largest absolute Gasteiger partial charge is 0.479 e. The molecule has 0 unspecified atom stereocenters. The predicted octanol–water partition coefficient (Wildman–Crippen LogP) is 1.76. The topological polar surface area (TPSA) is 121 Å². The quantitative estimate of drug-likeness (QED) is 0.469. The van der Waals surface area contributed by atoms with Gasteiger partial charge < -0.3 is 15.1 Å². The van der Waals surface area contributed by atoms with E-state index in [-0.39, 0.29) is 43.1 Å². The van der Waals surface area contributed by atoms with E-state index in [1.54, 1.807) is 6.07 Å². The Labute approximate surface area is 142 Å². The van der Waals surface area contributed by atoms with Gasteiger partial charge in [-0.25, -0.2) is 4.79 Å². The van der Waals surface area contributed by atoms with Crippen LogP contribution in [0.15, 0.2) is 23.1 Å². The van der Waals surface area contributed by atoms with E-state index in [0.717, 1.165) is 0 Å². The number of aliphatic carboxylic acids is 1. The van der Waals surface area contributed by atoms with Crippen molar-refractivity contribution in [2.45, 2.75) is 30.3 Å². The molecule has 0 aliphatic carbocycles. The number of hydrogen-bond acceptors (Lipinski definition) is 6. The van der Waals surface area contributed by atoms with Gasteiger partial charge in [0.1, 0.15) is 0 Å². The molecule has 1 amide bonds.